The SMILES string of the molecule is C=CCN(C)C(=O)c1sc2cccnc2c1N. The van der Waals surface area contributed by atoms with Crippen molar-refractivity contribution >= 4 is 33.1 Å². The lowest BCUT2D eigenvalue weighted by molar-refractivity contribution is 0.0816. The van der Waals surface area contributed by atoms with E-state index in [1.807, 2.05) is 12.1 Å². The fraction of sp³-hybridized carbons (Fsp3) is 0.167. The van der Waals surface area contributed by atoms with E-state index in [0.29, 0.717) is 22.6 Å². The molecule has 2 rings (SSSR count). The summed E-state index contributed by atoms with van der Waals surface area (Å²) in [4.78, 5) is 18.4. The van der Waals surface area contributed by atoms with Crippen molar-refractivity contribution in [2.75, 3.05) is 19.3 Å². The molecule has 2 heterocycles. The molecule has 88 valence electrons. The zero-order chi connectivity index (χ0) is 12.4. The number of nitrogens with two attached hydrogens (primary N) is 1. The molecule has 17 heavy (non-hydrogen) atoms. The van der Waals surface area contributed by atoms with Crippen LogP contribution in [0.15, 0.2) is 31.0 Å². The van der Waals surface area contributed by atoms with E-state index in [-0.39, 0.29) is 5.91 Å². The third-order valence-corrected chi connectivity index (χ3v) is 3.57. The summed E-state index contributed by atoms with van der Waals surface area (Å²) in [5.41, 5.74) is 7.11. The maximum Gasteiger partial charge on any atom is 0.266 e. The number of nitrogen functional groups attached to an aromatic ring is 1. The fourth-order valence-electron chi connectivity index (χ4n) is 1.56. The number of likely N-dealkylation sites (N-methyl/N-ethyl adjacent to an activating group) is 1. The number of thiophene rings is 1. The Morgan fingerprint density at radius 3 is 3.12 bits per heavy atom. The summed E-state index contributed by atoms with van der Waals surface area (Å²) in [6.07, 6.45) is 3.35. The van der Waals surface area contributed by atoms with Crippen LogP contribution in [-0.4, -0.2) is 29.4 Å². The largest absolute Gasteiger partial charge is 0.396 e. The molecule has 5 heteroatoms. The van der Waals surface area contributed by atoms with Gasteiger partial charge in [-0.25, -0.2) is 0 Å². The first kappa shape index (κ1) is 11.6. The molecule has 1 amide bonds. The minimum absolute atomic E-state index is 0.0922. The quantitative estimate of drug-likeness (QED) is 0.845. The Morgan fingerprint density at radius 2 is 2.47 bits per heavy atom. The number of hydrogen-bond donors (Lipinski definition) is 1. The number of carbonyl (C=O) groups excluding carboxylic acids is 1. The number of anilines is 1. The molecular formula is C12H13N3OS. The maximum atomic E-state index is 12.1. The number of rotatable bonds is 3. The first-order valence-corrected chi connectivity index (χ1v) is 5.96. The molecule has 2 aromatic rings. The highest BCUT2D eigenvalue weighted by molar-refractivity contribution is 7.21. The smallest absolute Gasteiger partial charge is 0.266 e. The van der Waals surface area contributed by atoms with Gasteiger partial charge >= 0.3 is 0 Å². The highest BCUT2D eigenvalue weighted by Crippen LogP contribution is 2.32. The van der Waals surface area contributed by atoms with Crippen LogP contribution in [0.25, 0.3) is 10.2 Å². The van der Waals surface area contributed by atoms with Gasteiger partial charge in [-0.05, 0) is 12.1 Å². The molecule has 0 aliphatic carbocycles. The van der Waals surface area contributed by atoms with Gasteiger partial charge in [0.25, 0.3) is 5.91 Å². The first-order chi connectivity index (χ1) is 8.15. The topological polar surface area (TPSA) is 59.2 Å². The van der Waals surface area contributed by atoms with E-state index in [0.717, 1.165) is 4.70 Å². The number of hydrogen-bond acceptors (Lipinski definition) is 4. The third kappa shape index (κ3) is 2.01. The summed E-state index contributed by atoms with van der Waals surface area (Å²) < 4.78 is 0.931. The highest BCUT2D eigenvalue weighted by atomic mass is 32.1. The Labute approximate surface area is 103 Å². The van der Waals surface area contributed by atoms with Gasteiger partial charge in [0.1, 0.15) is 10.4 Å². The van der Waals surface area contributed by atoms with Crippen LogP contribution in [0.4, 0.5) is 5.69 Å². The van der Waals surface area contributed by atoms with Crippen LogP contribution in [0.1, 0.15) is 9.67 Å². The Hall–Kier alpha value is -1.88. The minimum Gasteiger partial charge on any atom is -0.396 e. The normalized spacial score (nSPS) is 10.4. The number of carbonyl (C=O) groups is 1. The zero-order valence-corrected chi connectivity index (χ0v) is 10.3. The van der Waals surface area contributed by atoms with Crippen LogP contribution < -0.4 is 5.73 Å². The molecular weight excluding hydrogens is 234 g/mol. The van der Waals surface area contributed by atoms with E-state index in [4.69, 9.17) is 5.73 Å². The second kappa shape index (κ2) is 4.55. The molecule has 0 radical (unpaired) electrons. The Morgan fingerprint density at radius 1 is 1.71 bits per heavy atom. The average molecular weight is 247 g/mol. The number of fused-ring (bicyclic) bond motifs is 1. The Kier molecular flexibility index (Phi) is 3.10. The number of amides is 1. The Balaban J connectivity index is 2.45. The molecule has 2 N–H and O–H groups in total. The van der Waals surface area contributed by atoms with Gasteiger partial charge < -0.3 is 10.6 Å². The van der Waals surface area contributed by atoms with Gasteiger partial charge in [0.15, 0.2) is 0 Å². The molecule has 0 bridgehead atoms. The molecule has 0 spiro atoms. The van der Waals surface area contributed by atoms with Gasteiger partial charge in [-0.2, -0.15) is 0 Å². The summed E-state index contributed by atoms with van der Waals surface area (Å²) >= 11 is 1.37. The van der Waals surface area contributed by atoms with Crippen LogP contribution >= 0.6 is 11.3 Å². The molecule has 0 aliphatic rings. The second-order valence-electron chi connectivity index (χ2n) is 3.67. The minimum atomic E-state index is -0.0922. The lowest BCUT2D eigenvalue weighted by Gasteiger charge is -2.13. The van der Waals surface area contributed by atoms with E-state index in [1.54, 1.807) is 24.2 Å². The van der Waals surface area contributed by atoms with Crippen molar-refractivity contribution in [2.24, 2.45) is 0 Å². The van der Waals surface area contributed by atoms with Crippen LogP contribution in [-0.2, 0) is 0 Å². The Bertz CT molecular complexity index is 576. The molecule has 0 unspecified atom stereocenters. The van der Waals surface area contributed by atoms with Gasteiger partial charge in [-0.3, -0.25) is 9.78 Å². The predicted octanol–water partition coefficient (Wildman–Crippen LogP) is 2.14. The summed E-state index contributed by atoms with van der Waals surface area (Å²) in [6.45, 7) is 4.11. The second-order valence-corrected chi connectivity index (χ2v) is 4.72. The average Bonchev–Trinajstić information content (AvgIpc) is 2.67. The van der Waals surface area contributed by atoms with Gasteiger partial charge in [0, 0.05) is 19.8 Å². The van der Waals surface area contributed by atoms with Crippen molar-refractivity contribution in [1.82, 2.24) is 9.88 Å². The fourth-order valence-corrected chi connectivity index (χ4v) is 2.63. The molecule has 0 aliphatic heterocycles. The van der Waals surface area contributed by atoms with E-state index in [2.05, 4.69) is 11.6 Å². The predicted molar refractivity (Wildman–Crippen MR) is 71.2 cm³/mol. The van der Waals surface area contributed by atoms with Gasteiger partial charge in [-0.15, -0.1) is 17.9 Å². The first-order valence-electron chi connectivity index (χ1n) is 5.14. The maximum absolute atomic E-state index is 12.1. The number of nitrogens with zero attached hydrogens (tertiary/aromatic N) is 2. The lowest BCUT2D eigenvalue weighted by atomic mass is 10.3. The van der Waals surface area contributed by atoms with E-state index in [9.17, 15) is 4.79 Å². The molecule has 0 aromatic carbocycles. The summed E-state index contributed by atoms with van der Waals surface area (Å²) in [5.74, 6) is -0.0922. The number of pyridine rings is 1. The van der Waals surface area contributed by atoms with Crippen LogP contribution in [0.2, 0.25) is 0 Å². The molecule has 0 fully saturated rings. The lowest BCUT2D eigenvalue weighted by Crippen LogP contribution is -2.26. The summed E-state index contributed by atoms with van der Waals surface area (Å²) in [7, 11) is 1.72. The van der Waals surface area contributed by atoms with Crippen molar-refractivity contribution in [3.05, 3.63) is 35.9 Å². The van der Waals surface area contributed by atoms with Crippen LogP contribution in [0.3, 0.4) is 0 Å². The van der Waals surface area contributed by atoms with Crippen molar-refractivity contribution in [1.29, 1.82) is 0 Å². The van der Waals surface area contributed by atoms with Gasteiger partial charge in [0.2, 0.25) is 0 Å². The van der Waals surface area contributed by atoms with E-state index in [1.165, 1.54) is 11.3 Å². The van der Waals surface area contributed by atoms with Gasteiger partial charge in [0.05, 0.1) is 10.4 Å². The summed E-state index contributed by atoms with van der Waals surface area (Å²) in [6, 6.07) is 3.74. The summed E-state index contributed by atoms with van der Waals surface area (Å²) in [5, 5.41) is 0. The molecule has 4 nitrogen and oxygen atoms in total. The van der Waals surface area contributed by atoms with E-state index >= 15 is 0 Å². The van der Waals surface area contributed by atoms with Crippen LogP contribution in [0.5, 0.6) is 0 Å². The molecule has 2 aromatic heterocycles. The van der Waals surface area contributed by atoms with Crippen molar-refractivity contribution in [3.63, 3.8) is 0 Å². The van der Waals surface area contributed by atoms with Crippen molar-refractivity contribution in [3.8, 4) is 0 Å². The monoisotopic (exact) mass is 247 g/mol. The molecule has 0 atom stereocenters. The molecule has 0 saturated heterocycles. The van der Waals surface area contributed by atoms with Crippen molar-refractivity contribution in [2.45, 2.75) is 0 Å². The van der Waals surface area contributed by atoms with Crippen LogP contribution in [0, 0.1) is 0 Å². The third-order valence-electron chi connectivity index (χ3n) is 2.43. The number of aromatic nitrogens is 1. The van der Waals surface area contributed by atoms with Crippen molar-refractivity contribution < 1.29 is 4.79 Å². The molecule has 0 saturated carbocycles. The standard InChI is InChI=1S/C12H13N3OS/c1-3-7-15(2)12(16)11-9(13)10-8(17-11)5-4-6-14-10/h3-6H,1,7,13H2,2H3. The highest BCUT2D eigenvalue weighted by Gasteiger charge is 2.19. The van der Waals surface area contributed by atoms with Gasteiger partial charge in [-0.1, -0.05) is 6.08 Å². The van der Waals surface area contributed by atoms with E-state index < -0.39 is 0 Å². The zero-order valence-electron chi connectivity index (χ0n) is 9.51.